The van der Waals surface area contributed by atoms with E-state index < -0.39 is 12.1 Å². The Bertz CT molecular complexity index is 1050. The number of fused-ring (bicyclic) bond motifs is 1. The van der Waals surface area contributed by atoms with Crippen LogP contribution in [-0.2, 0) is 17.9 Å². The van der Waals surface area contributed by atoms with Gasteiger partial charge in [0.25, 0.3) is 0 Å². The number of carboxylic acid groups (broad SMARTS) is 1. The van der Waals surface area contributed by atoms with E-state index in [1.807, 2.05) is 23.5 Å². The van der Waals surface area contributed by atoms with E-state index in [-0.39, 0.29) is 0 Å². The molecule has 10 heteroatoms. The van der Waals surface area contributed by atoms with E-state index in [0.29, 0.717) is 0 Å². The molecule has 3 N–H and O–H groups in total. The van der Waals surface area contributed by atoms with Crippen LogP contribution in [0.4, 0.5) is 13.2 Å². The summed E-state index contributed by atoms with van der Waals surface area (Å²) >= 11 is 7.89. The summed E-state index contributed by atoms with van der Waals surface area (Å²) in [5.41, 5.74) is 8.29. The molecule has 0 saturated heterocycles. The minimum absolute atomic E-state index is 0.727. The molecule has 5 nitrogen and oxygen atoms in total. The van der Waals surface area contributed by atoms with Crippen LogP contribution in [0.3, 0.4) is 0 Å². The summed E-state index contributed by atoms with van der Waals surface area (Å²) in [4.78, 5) is 16.3. The van der Waals surface area contributed by atoms with Crippen LogP contribution in [0.1, 0.15) is 36.3 Å². The maximum Gasteiger partial charge on any atom is 0.490 e. The van der Waals surface area contributed by atoms with Crippen LogP contribution in [0.15, 0.2) is 48.5 Å². The minimum atomic E-state index is -5.08. The molecule has 0 bridgehead atoms. The third kappa shape index (κ3) is 8.75. The van der Waals surface area contributed by atoms with Gasteiger partial charge >= 0.3 is 12.1 Å². The molecule has 1 saturated carbocycles. The Morgan fingerprint density at radius 2 is 1.66 bits per heavy atom. The molecule has 0 radical (unpaired) electrons. The van der Waals surface area contributed by atoms with Gasteiger partial charge < -0.3 is 10.8 Å². The molecular weight excluding hydrogens is 499 g/mol. The number of halogens is 4. The smallest absolute Gasteiger partial charge is 0.475 e. The number of para-hydroxylation sites is 1. The second-order valence-electron chi connectivity index (χ2n) is 8.80. The maximum atomic E-state index is 10.6. The molecule has 0 spiro atoms. The van der Waals surface area contributed by atoms with Crippen LogP contribution in [0.25, 0.3) is 10.2 Å². The van der Waals surface area contributed by atoms with Crippen molar-refractivity contribution < 1.29 is 23.1 Å². The molecule has 0 aliphatic heterocycles. The number of nitrogens with zero attached hydrogens (tertiary/aromatic N) is 2. The van der Waals surface area contributed by atoms with Crippen LogP contribution in [0, 0.1) is 11.8 Å². The lowest BCUT2D eigenvalue weighted by molar-refractivity contribution is -0.192. The van der Waals surface area contributed by atoms with Crippen molar-refractivity contribution in [1.82, 2.24) is 9.88 Å². The highest BCUT2D eigenvalue weighted by Crippen LogP contribution is 2.30. The van der Waals surface area contributed by atoms with Crippen LogP contribution in [0.2, 0.25) is 5.02 Å². The fraction of sp³-hybridized carbons (Fsp3) is 0.440. The zero-order chi connectivity index (χ0) is 25.4. The van der Waals surface area contributed by atoms with Crippen molar-refractivity contribution in [2.24, 2.45) is 17.6 Å². The van der Waals surface area contributed by atoms with Crippen LogP contribution in [-0.4, -0.2) is 40.2 Å². The first-order chi connectivity index (χ1) is 16.6. The number of nitrogens with two attached hydrogens (primary N) is 1. The third-order valence-electron chi connectivity index (χ3n) is 6.08. The first-order valence-corrected chi connectivity index (χ1v) is 12.6. The highest BCUT2D eigenvalue weighted by Gasteiger charge is 2.38. The molecule has 0 unspecified atom stereocenters. The van der Waals surface area contributed by atoms with E-state index in [2.05, 4.69) is 41.3 Å². The van der Waals surface area contributed by atoms with E-state index in [9.17, 15) is 13.2 Å². The van der Waals surface area contributed by atoms with Gasteiger partial charge in [-0.05, 0) is 73.9 Å². The van der Waals surface area contributed by atoms with Gasteiger partial charge in [0.05, 0.1) is 16.8 Å². The molecule has 35 heavy (non-hydrogen) atoms. The summed E-state index contributed by atoms with van der Waals surface area (Å²) in [6, 6.07) is 16.7. The number of carboxylic acids is 1. The summed E-state index contributed by atoms with van der Waals surface area (Å²) in [7, 11) is 0. The fourth-order valence-corrected chi connectivity index (χ4v) is 5.36. The van der Waals surface area contributed by atoms with Gasteiger partial charge in [0.2, 0.25) is 0 Å². The van der Waals surface area contributed by atoms with E-state index in [4.69, 9.17) is 32.2 Å². The second kappa shape index (κ2) is 12.7. The Kier molecular flexibility index (Phi) is 9.91. The first-order valence-electron chi connectivity index (χ1n) is 11.5. The lowest BCUT2D eigenvalue weighted by atomic mass is 9.82. The molecule has 0 atom stereocenters. The minimum Gasteiger partial charge on any atom is -0.475 e. The Morgan fingerprint density at radius 3 is 2.23 bits per heavy atom. The van der Waals surface area contributed by atoms with Gasteiger partial charge in [0.15, 0.2) is 0 Å². The first kappa shape index (κ1) is 27.4. The van der Waals surface area contributed by atoms with Crippen molar-refractivity contribution in [3.63, 3.8) is 0 Å². The molecule has 1 aromatic heterocycles. The average Bonchev–Trinajstić information content (AvgIpc) is 3.23. The van der Waals surface area contributed by atoms with Gasteiger partial charge in [-0.3, -0.25) is 4.90 Å². The number of aromatic nitrogens is 1. The average molecular weight is 528 g/mol. The van der Waals surface area contributed by atoms with Gasteiger partial charge in [0.1, 0.15) is 5.01 Å². The number of benzene rings is 2. The zero-order valence-electron chi connectivity index (χ0n) is 19.2. The molecule has 190 valence electrons. The van der Waals surface area contributed by atoms with Crippen molar-refractivity contribution in [3.05, 3.63) is 64.1 Å². The number of carbonyl (C=O) groups is 1. The Balaban J connectivity index is 0.000000429. The normalized spacial score (nSPS) is 18.3. The number of hydrogen-bond donors (Lipinski definition) is 2. The quantitative estimate of drug-likeness (QED) is 0.374. The zero-order valence-corrected chi connectivity index (χ0v) is 20.8. The highest BCUT2D eigenvalue weighted by molar-refractivity contribution is 7.18. The molecule has 1 aliphatic rings. The summed E-state index contributed by atoms with van der Waals surface area (Å²) < 4.78 is 33.0. The predicted molar refractivity (Wildman–Crippen MR) is 133 cm³/mol. The summed E-state index contributed by atoms with van der Waals surface area (Å²) in [6.45, 7) is 3.80. The van der Waals surface area contributed by atoms with Crippen molar-refractivity contribution >= 4 is 39.1 Å². The van der Waals surface area contributed by atoms with Crippen molar-refractivity contribution in [2.45, 2.75) is 44.9 Å². The van der Waals surface area contributed by atoms with E-state index in [1.54, 1.807) is 0 Å². The van der Waals surface area contributed by atoms with Gasteiger partial charge in [0, 0.05) is 18.1 Å². The van der Waals surface area contributed by atoms with Gasteiger partial charge in [-0.2, -0.15) is 13.2 Å². The van der Waals surface area contributed by atoms with E-state index in [0.717, 1.165) is 48.6 Å². The standard InChI is InChI=1S/C23H28ClN3S.C2HF3O2/c24-20-11-9-19(10-12-20)15-27(14-18-7-5-17(13-25)6-8-18)16-23-26-21-3-1-2-4-22(21)28-23;3-2(4,5)1(6)7/h1-4,9-12,17-18H,5-8,13-16,25H2;(H,6,7). The van der Waals surface area contributed by atoms with Gasteiger partial charge in [-0.15, -0.1) is 11.3 Å². The van der Waals surface area contributed by atoms with Crippen molar-refractivity contribution in [1.29, 1.82) is 0 Å². The van der Waals surface area contributed by atoms with E-state index in [1.165, 1.54) is 41.0 Å². The number of hydrogen-bond acceptors (Lipinski definition) is 5. The summed E-state index contributed by atoms with van der Waals surface area (Å²) in [5.74, 6) is -1.28. The molecule has 4 rings (SSSR count). The maximum absolute atomic E-state index is 10.6. The Labute approximate surface area is 211 Å². The Morgan fingerprint density at radius 1 is 1.06 bits per heavy atom. The predicted octanol–water partition coefficient (Wildman–Crippen LogP) is 6.35. The second-order valence-corrected chi connectivity index (χ2v) is 10.3. The van der Waals surface area contributed by atoms with Gasteiger partial charge in [-0.1, -0.05) is 35.9 Å². The van der Waals surface area contributed by atoms with Crippen molar-refractivity contribution in [2.75, 3.05) is 13.1 Å². The largest absolute Gasteiger partial charge is 0.490 e. The molecular formula is C25H29ClF3N3O2S. The number of rotatable bonds is 7. The molecule has 2 aromatic carbocycles. The molecule has 0 amide bonds. The van der Waals surface area contributed by atoms with Crippen LogP contribution >= 0.6 is 22.9 Å². The summed E-state index contributed by atoms with van der Waals surface area (Å²) in [5, 5.41) is 9.12. The lowest BCUT2D eigenvalue weighted by Gasteiger charge is -2.32. The molecule has 1 heterocycles. The number of alkyl halides is 3. The Hall–Kier alpha value is -2.20. The topological polar surface area (TPSA) is 79.5 Å². The SMILES string of the molecule is NCC1CCC(CN(Cc2ccc(Cl)cc2)Cc2nc3ccccc3s2)CC1.O=C(O)C(F)(F)F. The fourth-order valence-electron chi connectivity index (χ4n) is 4.23. The molecule has 1 fully saturated rings. The van der Waals surface area contributed by atoms with Crippen LogP contribution < -0.4 is 5.73 Å². The lowest BCUT2D eigenvalue weighted by Crippen LogP contribution is -2.32. The van der Waals surface area contributed by atoms with E-state index >= 15 is 0 Å². The number of aliphatic carboxylic acids is 1. The molecule has 1 aliphatic carbocycles. The highest BCUT2D eigenvalue weighted by atomic mass is 35.5. The summed E-state index contributed by atoms with van der Waals surface area (Å²) in [6.07, 6.45) is 0.0475. The van der Waals surface area contributed by atoms with Gasteiger partial charge in [-0.25, -0.2) is 9.78 Å². The van der Waals surface area contributed by atoms with Crippen molar-refractivity contribution in [3.8, 4) is 0 Å². The monoisotopic (exact) mass is 527 g/mol. The van der Waals surface area contributed by atoms with Crippen LogP contribution in [0.5, 0.6) is 0 Å². The molecule has 3 aromatic rings. The number of thiazole rings is 1. The third-order valence-corrected chi connectivity index (χ3v) is 7.35.